The Bertz CT molecular complexity index is 1300. The molecule has 0 bridgehead atoms. The average molecular weight is 945 g/mol. The molecule has 0 fully saturated rings. The van der Waals surface area contributed by atoms with Gasteiger partial charge in [-0.1, -0.05) is 241 Å². The molecule has 0 rings (SSSR count). The molecule has 0 aromatic rings. The standard InChI is InChI=1S/C57H105N2O6P/c1-6-8-10-11-12-13-14-15-16-17-18-19-20-21-22-23-24-25-26-27-28-29-30-31-32-33-34-35-36-37-38-39-40-41-42-43-44-45-46-47-49-51-57(61)58-55(56(60)50-48-9-7-2)54-65-66(62,63)64-53-52-59(3,4)5/h8,10,12-13,15-16,18-19,21-22,48,50,55-56,60H,6-7,9,11,14,17,20,23-47,49,51-54H2,1-5H3,(H-,58,61,62,63)/b10-8-,13-12-,16-15-,19-18-,22-21-,50-48+. The van der Waals surface area contributed by atoms with Gasteiger partial charge in [0.05, 0.1) is 39.9 Å². The first-order chi connectivity index (χ1) is 32.0. The third-order valence-corrected chi connectivity index (χ3v) is 12.9. The average Bonchev–Trinajstić information content (AvgIpc) is 3.27. The predicted octanol–water partition coefficient (Wildman–Crippen LogP) is 15.7. The number of amides is 1. The summed E-state index contributed by atoms with van der Waals surface area (Å²) in [6.45, 7) is 4.31. The monoisotopic (exact) mass is 945 g/mol. The zero-order chi connectivity index (χ0) is 48.5. The molecule has 9 heteroatoms. The van der Waals surface area contributed by atoms with Gasteiger partial charge in [0.2, 0.25) is 5.91 Å². The highest BCUT2D eigenvalue weighted by molar-refractivity contribution is 7.45. The molecular weight excluding hydrogens is 840 g/mol. The van der Waals surface area contributed by atoms with Crippen LogP contribution in [0.1, 0.15) is 232 Å². The maximum atomic E-state index is 12.7. The molecular formula is C57H105N2O6P. The molecule has 0 heterocycles. The Kier molecular flexibility index (Phi) is 46.5. The van der Waals surface area contributed by atoms with E-state index in [1.165, 1.54) is 148 Å². The number of likely N-dealkylation sites (N-methyl/N-ethyl adjacent to an activating group) is 1. The van der Waals surface area contributed by atoms with E-state index < -0.39 is 20.0 Å². The lowest BCUT2D eigenvalue weighted by Crippen LogP contribution is -2.45. The number of phosphoric ester groups is 1. The number of nitrogens with one attached hydrogen (secondary N) is 1. The van der Waals surface area contributed by atoms with Crippen LogP contribution < -0.4 is 10.2 Å². The second-order valence-corrected chi connectivity index (χ2v) is 21.0. The lowest BCUT2D eigenvalue weighted by molar-refractivity contribution is -0.870. The first-order valence-electron chi connectivity index (χ1n) is 27.3. The van der Waals surface area contributed by atoms with Gasteiger partial charge in [-0.05, 0) is 57.8 Å². The van der Waals surface area contributed by atoms with Gasteiger partial charge in [-0.2, -0.15) is 0 Å². The second-order valence-electron chi connectivity index (χ2n) is 19.6. The lowest BCUT2D eigenvalue weighted by atomic mass is 10.0. The van der Waals surface area contributed by atoms with Crippen molar-refractivity contribution >= 4 is 13.7 Å². The molecule has 0 aromatic carbocycles. The van der Waals surface area contributed by atoms with Crippen molar-refractivity contribution in [3.63, 3.8) is 0 Å². The minimum Gasteiger partial charge on any atom is -0.756 e. The molecule has 384 valence electrons. The highest BCUT2D eigenvalue weighted by Crippen LogP contribution is 2.38. The van der Waals surface area contributed by atoms with E-state index in [2.05, 4.69) is 73.0 Å². The predicted molar refractivity (Wildman–Crippen MR) is 284 cm³/mol. The number of aliphatic hydroxyl groups excluding tert-OH is 1. The Balaban J connectivity index is 3.61. The first kappa shape index (κ1) is 63.9. The zero-order valence-electron chi connectivity index (χ0n) is 43.6. The zero-order valence-corrected chi connectivity index (χ0v) is 44.5. The van der Waals surface area contributed by atoms with Crippen LogP contribution in [0.5, 0.6) is 0 Å². The highest BCUT2D eigenvalue weighted by atomic mass is 31.2. The van der Waals surface area contributed by atoms with E-state index in [1.54, 1.807) is 6.08 Å². The van der Waals surface area contributed by atoms with E-state index in [-0.39, 0.29) is 19.1 Å². The Hall–Kier alpha value is -2.06. The Labute approximate surface area is 408 Å². The summed E-state index contributed by atoms with van der Waals surface area (Å²) in [6.07, 6.45) is 66.8. The largest absolute Gasteiger partial charge is 0.756 e. The minimum atomic E-state index is -4.57. The molecule has 66 heavy (non-hydrogen) atoms. The first-order valence-corrected chi connectivity index (χ1v) is 28.8. The summed E-state index contributed by atoms with van der Waals surface area (Å²) in [4.78, 5) is 25.0. The highest BCUT2D eigenvalue weighted by Gasteiger charge is 2.23. The molecule has 2 N–H and O–H groups in total. The molecule has 3 unspecified atom stereocenters. The van der Waals surface area contributed by atoms with E-state index in [0.717, 1.165) is 64.2 Å². The van der Waals surface area contributed by atoms with Crippen LogP contribution in [-0.2, 0) is 18.4 Å². The Morgan fingerprint density at radius 1 is 0.545 bits per heavy atom. The maximum absolute atomic E-state index is 12.7. The molecule has 3 atom stereocenters. The number of rotatable bonds is 49. The van der Waals surface area contributed by atoms with Crippen molar-refractivity contribution in [3.05, 3.63) is 72.9 Å². The van der Waals surface area contributed by atoms with E-state index in [0.29, 0.717) is 17.4 Å². The van der Waals surface area contributed by atoms with Crippen molar-refractivity contribution in [3.8, 4) is 0 Å². The quantitative estimate of drug-likeness (QED) is 0.0272. The smallest absolute Gasteiger partial charge is 0.268 e. The fourth-order valence-corrected chi connectivity index (χ4v) is 8.38. The molecule has 0 saturated carbocycles. The van der Waals surface area contributed by atoms with Gasteiger partial charge in [-0.25, -0.2) is 0 Å². The van der Waals surface area contributed by atoms with Crippen molar-refractivity contribution in [2.75, 3.05) is 40.9 Å². The van der Waals surface area contributed by atoms with Crippen LogP contribution in [0.15, 0.2) is 72.9 Å². The van der Waals surface area contributed by atoms with Gasteiger partial charge in [0, 0.05) is 6.42 Å². The van der Waals surface area contributed by atoms with Crippen LogP contribution >= 0.6 is 7.82 Å². The number of hydrogen-bond donors (Lipinski definition) is 2. The molecule has 0 aliphatic rings. The normalized spacial score (nSPS) is 14.6. The Morgan fingerprint density at radius 3 is 1.32 bits per heavy atom. The van der Waals surface area contributed by atoms with E-state index in [1.807, 2.05) is 34.1 Å². The number of allylic oxidation sites excluding steroid dienone is 11. The number of carbonyl (C=O) groups is 1. The summed E-state index contributed by atoms with van der Waals surface area (Å²) in [5.41, 5.74) is 0. The van der Waals surface area contributed by atoms with Crippen molar-refractivity contribution in [1.82, 2.24) is 5.32 Å². The van der Waals surface area contributed by atoms with Crippen LogP contribution in [0.4, 0.5) is 0 Å². The number of aliphatic hydroxyl groups is 1. The van der Waals surface area contributed by atoms with Gasteiger partial charge < -0.3 is 28.8 Å². The summed E-state index contributed by atoms with van der Waals surface area (Å²) >= 11 is 0. The molecule has 0 saturated heterocycles. The number of phosphoric acid groups is 1. The van der Waals surface area contributed by atoms with Crippen molar-refractivity contribution in [2.24, 2.45) is 0 Å². The van der Waals surface area contributed by atoms with Gasteiger partial charge in [0.25, 0.3) is 7.82 Å². The van der Waals surface area contributed by atoms with Gasteiger partial charge in [-0.3, -0.25) is 9.36 Å². The summed E-state index contributed by atoms with van der Waals surface area (Å²) in [6, 6.07) is -0.881. The number of carbonyl (C=O) groups excluding carboxylic acids is 1. The third-order valence-electron chi connectivity index (χ3n) is 11.9. The molecule has 0 aromatic heterocycles. The van der Waals surface area contributed by atoms with Crippen LogP contribution in [0, 0.1) is 0 Å². The summed E-state index contributed by atoms with van der Waals surface area (Å²) in [7, 11) is 1.26. The van der Waals surface area contributed by atoms with Gasteiger partial charge in [0.1, 0.15) is 13.2 Å². The van der Waals surface area contributed by atoms with Crippen LogP contribution in [0.25, 0.3) is 0 Å². The summed E-state index contributed by atoms with van der Waals surface area (Å²) < 4.78 is 22.9. The number of hydrogen-bond acceptors (Lipinski definition) is 6. The van der Waals surface area contributed by atoms with E-state index >= 15 is 0 Å². The maximum Gasteiger partial charge on any atom is 0.268 e. The van der Waals surface area contributed by atoms with E-state index in [4.69, 9.17) is 9.05 Å². The number of quaternary nitrogens is 1. The molecule has 0 aliphatic heterocycles. The molecule has 1 amide bonds. The van der Waals surface area contributed by atoms with Crippen LogP contribution in [0.2, 0.25) is 0 Å². The topological polar surface area (TPSA) is 108 Å². The van der Waals surface area contributed by atoms with Crippen molar-refractivity contribution in [1.29, 1.82) is 0 Å². The fraction of sp³-hybridized carbons (Fsp3) is 0.772. The number of unbranched alkanes of at least 4 members (excludes halogenated alkanes) is 26. The van der Waals surface area contributed by atoms with Crippen molar-refractivity contribution in [2.45, 2.75) is 244 Å². The van der Waals surface area contributed by atoms with Crippen LogP contribution in [-0.4, -0.2) is 68.5 Å². The second kappa shape index (κ2) is 48.0. The third kappa shape index (κ3) is 49.8. The van der Waals surface area contributed by atoms with Gasteiger partial charge in [0.15, 0.2) is 0 Å². The Morgan fingerprint density at radius 2 is 0.924 bits per heavy atom. The van der Waals surface area contributed by atoms with Crippen LogP contribution in [0.3, 0.4) is 0 Å². The lowest BCUT2D eigenvalue weighted by Gasteiger charge is -2.29. The molecule has 8 nitrogen and oxygen atoms in total. The summed E-state index contributed by atoms with van der Waals surface area (Å²) in [5, 5.41) is 13.4. The van der Waals surface area contributed by atoms with E-state index in [9.17, 15) is 19.4 Å². The SMILES string of the molecule is CC/C=C\C/C=C\C/C=C\C/C=C\C/C=C\CCCCCCCCCCCCCCCCCCCCCCCCCCCC(=O)NC(COP(=O)([O-])OCC[N+](C)(C)C)C(O)/C=C/CCC. The molecule has 0 spiro atoms. The molecule has 0 radical (unpaired) electrons. The fourth-order valence-electron chi connectivity index (χ4n) is 7.66. The van der Waals surface area contributed by atoms with Crippen molar-refractivity contribution < 1.29 is 32.9 Å². The van der Waals surface area contributed by atoms with Gasteiger partial charge >= 0.3 is 0 Å². The summed E-state index contributed by atoms with van der Waals surface area (Å²) in [5.74, 6) is -0.208. The van der Waals surface area contributed by atoms with Gasteiger partial charge in [-0.15, -0.1) is 0 Å². The molecule has 0 aliphatic carbocycles. The number of nitrogens with zero attached hydrogens (tertiary/aromatic N) is 1. The minimum absolute atomic E-state index is 0.00279.